The molecule has 2 rings (SSSR count). The van der Waals surface area contributed by atoms with Crippen molar-refractivity contribution < 1.29 is 14.3 Å². The molecule has 2 aromatic carbocycles. The SMILES string of the molecule is COc1cc(/C=C(/C#N)C(N)=O)cc(Br)c1OCc1ccc(C)cc1. The Morgan fingerprint density at radius 2 is 2.00 bits per heavy atom. The van der Waals surface area contributed by atoms with Gasteiger partial charge in [-0.2, -0.15) is 5.26 Å². The Labute approximate surface area is 154 Å². The Bertz CT molecular complexity index is 852. The molecule has 0 fully saturated rings. The van der Waals surface area contributed by atoms with E-state index in [9.17, 15) is 4.79 Å². The number of halogens is 1. The monoisotopic (exact) mass is 400 g/mol. The van der Waals surface area contributed by atoms with E-state index in [0.717, 1.165) is 5.56 Å². The maximum atomic E-state index is 11.2. The summed E-state index contributed by atoms with van der Waals surface area (Å²) < 4.78 is 11.9. The minimum Gasteiger partial charge on any atom is -0.493 e. The van der Waals surface area contributed by atoms with Crippen LogP contribution in [0.3, 0.4) is 0 Å². The van der Waals surface area contributed by atoms with Crippen molar-refractivity contribution in [1.82, 2.24) is 0 Å². The summed E-state index contributed by atoms with van der Waals surface area (Å²) in [6, 6.07) is 13.2. The number of hydrogen-bond donors (Lipinski definition) is 1. The predicted molar refractivity (Wildman–Crippen MR) is 99.0 cm³/mol. The molecule has 5 nitrogen and oxygen atoms in total. The molecule has 0 atom stereocenters. The van der Waals surface area contributed by atoms with Gasteiger partial charge in [-0.15, -0.1) is 0 Å². The van der Waals surface area contributed by atoms with Gasteiger partial charge in [-0.3, -0.25) is 4.79 Å². The number of methoxy groups -OCH3 is 1. The topological polar surface area (TPSA) is 85.3 Å². The highest BCUT2D eigenvalue weighted by Crippen LogP contribution is 2.37. The predicted octanol–water partition coefficient (Wildman–Crippen LogP) is 3.74. The molecule has 6 heteroatoms. The zero-order chi connectivity index (χ0) is 18.4. The number of amides is 1. The van der Waals surface area contributed by atoms with Crippen molar-refractivity contribution in [3.05, 3.63) is 63.1 Å². The highest BCUT2D eigenvalue weighted by molar-refractivity contribution is 9.10. The lowest BCUT2D eigenvalue weighted by molar-refractivity contribution is -0.114. The van der Waals surface area contributed by atoms with Crippen molar-refractivity contribution >= 4 is 27.9 Å². The quantitative estimate of drug-likeness (QED) is 0.590. The minimum atomic E-state index is -0.780. The smallest absolute Gasteiger partial charge is 0.259 e. The molecule has 2 N–H and O–H groups in total. The number of aryl methyl sites for hydroxylation is 1. The van der Waals surface area contributed by atoms with Crippen LogP contribution in [-0.4, -0.2) is 13.0 Å². The fourth-order valence-corrected chi connectivity index (χ4v) is 2.70. The lowest BCUT2D eigenvalue weighted by atomic mass is 10.1. The van der Waals surface area contributed by atoms with E-state index >= 15 is 0 Å². The van der Waals surface area contributed by atoms with E-state index in [1.165, 1.54) is 18.7 Å². The van der Waals surface area contributed by atoms with Gasteiger partial charge in [0.1, 0.15) is 18.2 Å². The highest BCUT2D eigenvalue weighted by Gasteiger charge is 2.13. The molecule has 0 radical (unpaired) electrons. The summed E-state index contributed by atoms with van der Waals surface area (Å²) in [5.41, 5.74) is 7.83. The first-order chi connectivity index (χ1) is 11.9. The van der Waals surface area contributed by atoms with Gasteiger partial charge in [0.15, 0.2) is 11.5 Å². The van der Waals surface area contributed by atoms with Crippen molar-refractivity contribution in [2.75, 3.05) is 7.11 Å². The summed E-state index contributed by atoms with van der Waals surface area (Å²) in [6.07, 6.45) is 1.40. The molecular formula is C19H17BrN2O3. The van der Waals surface area contributed by atoms with Crippen LogP contribution in [0.15, 0.2) is 46.4 Å². The van der Waals surface area contributed by atoms with Crippen molar-refractivity contribution in [3.63, 3.8) is 0 Å². The third kappa shape index (κ3) is 4.85. The Morgan fingerprint density at radius 3 is 2.56 bits per heavy atom. The number of nitrogens with zero attached hydrogens (tertiary/aromatic N) is 1. The van der Waals surface area contributed by atoms with Crippen LogP contribution in [0, 0.1) is 18.3 Å². The number of benzene rings is 2. The molecule has 0 aromatic heterocycles. The number of nitrogens with two attached hydrogens (primary N) is 1. The average molecular weight is 401 g/mol. The van der Waals surface area contributed by atoms with Gasteiger partial charge in [0.05, 0.1) is 11.6 Å². The molecule has 0 aliphatic carbocycles. The second kappa shape index (κ2) is 8.36. The molecule has 2 aromatic rings. The van der Waals surface area contributed by atoms with E-state index < -0.39 is 5.91 Å². The van der Waals surface area contributed by atoms with E-state index in [0.29, 0.717) is 28.1 Å². The minimum absolute atomic E-state index is 0.137. The van der Waals surface area contributed by atoms with Crippen LogP contribution in [0.4, 0.5) is 0 Å². The van der Waals surface area contributed by atoms with Crippen molar-refractivity contribution in [2.45, 2.75) is 13.5 Å². The number of carbonyl (C=O) groups is 1. The fraction of sp³-hybridized carbons (Fsp3) is 0.158. The van der Waals surface area contributed by atoms with Crippen molar-refractivity contribution in [1.29, 1.82) is 5.26 Å². The first-order valence-electron chi connectivity index (χ1n) is 7.42. The number of primary amides is 1. The Balaban J connectivity index is 2.29. The lowest BCUT2D eigenvalue weighted by Crippen LogP contribution is -2.12. The first-order valence-corrected chi connectivity index (χ1v) is 8.21. The van der Waals surface area contributed by atoms with Crippen LogP contribution < -0.4 is 15.2 Å². The molecule has 0 bridgehead atoms. The van der Waals surface area contributed by atoms with Crippen LogP contribution in [-0.2, 0) is 11.4 Å². The Kier molecular flexibility index (Phi) is 6.20. The van der Waals surface area contributed by atoms with E-state index in [2.05, 4.69) is 15.9 Å². The van der Waals surface area contributed by atoms with E-state index in [1.54, 1.807) is 18.2 Å². The van der Waals surface area contributed by atoms with Gasteiger partial charge in [-0.1, -0.05) is 29.8 Å². The molecule has 0 heterocycles. The summed E-state index contributed by atoms with van der Waals surface area (Å²) in [5, 5.41) is 8.95. The second-order valence-electron chi connectivity index (χ2n) is 5.34. The van der Waals surface area contributed by atoms with Gasteiger partial charge in [0, 0.05) is 0 Å². The third-order valence-corrected chi connectivity index (χ3v) is 4.04. The van der Waals surface area contributed by atoms with Crippen LogP contribution >= 0.6 is 15.9 Å². The lowest BCUT2D eigenvalue weighted by Gasteiger charge is -2.14. The van der Waals surface area contributed by atoms with Crippen molar-refractivity contribution in [2.24, 2.45) is 5.73 Å². The summed E-state index contributed by atoms with van der Waals surface area (Å²) in [4.78, 5) is 11.2. The second-order valence-corrected chi connectivity index (χ2v) is 6.20. The number of rotatable bonds is 6. The molecule has 0 saturated heterocycles. The van der Waals surface area contributed by atoms with Gasteiger partial charge in [-0.05, 0) is 52.2 Å². The molecule has 128 valence electrons. The van der Waals surface area contributed by atoms with Crippen LogP contribution in [0.25, 0.3) is 6.08 Å². The molecule has 25 heavy (non-hydrogen) atoms. The largest absolute Gasteiger partial charge is 0.493 e. The summed E-state index contributed by atoms with van der Waals surface area (Å²) in [5.74, 6) is 0.240. The average Bonchev–Trinajstić information content (AvgIpc) is 2.59. The first kappa shape index (κ1) is 18.6. The summed E-state index contributed by atoms with van der Waals surface area (Å²) >= 11 is 3.44. The van der Waals surface area contributed by atoms with E-state index in [1.807, 2.05) is 31.2 Å². The highest BCUT2D eigenvalue weighted by atomic mass is 79.9. The molecule has 0 spiro atoms. The number of carbonyl (C=O) groups excluding carboxylic acids is 1. The summed E-state index contributed by atoms with van der Waals surface area (Å²) in [7, 11) is 1.52. The maximum absolute atomic E-state index is 11.2. The normalized spacial score (nSPS) is 10.9. The van der Waals surface area contributed by atoms with Crippen LogP contribution in [0.1, 0.15) is 16.7 Å². The summed E-state index contributed by atoms with van der Waals surface area (Å²) in [6.45, 7) is 2.41. The van der Waals surface area contributed by atoms with Crippen molar-refractivity contribution in [3.8, 4) is 17.6 Å². The van der Waals surface area contributed by atoms with Crippen LogP contribution in [0.2, 0.25) is 0 Å². The van der Waals surface area contributed by atoms with Gasteiger partial charge in [-0.25, -0.2) is 0 Å². The number of ether oxygens (including phenoxy) is 2. The molecular weight excluding hydrogens is 384 g/mol. The van der Waals surface area contributed by atoms with Gasteiger partial charge in [0.2, 0.25) is 0 Å². The zero-order valence-corrected chi connectivity index (χ0v) is 15.5. The van der Waals surface area contributed by atoms with Gasteiger partial charge < -0.3 is 15.2 Å². The van der Waals surface area contributed by atoms with Gasteiger partial charge >= 0.3 is 0 Å². The molecule has 1 amide bonds. The number of hydrogen-bond acceptors (Lipinski definition) is 4. The standard InChI is InChI=1S/C19H17BrN2O3/c1-12-3-5-13(6-4-12)11-25-18-16(20)8-14(9-17(18)24-2)7-15(10-21)19(22)23/h3-9H,11H2,1-2H3,(H2,22,23)/b15-7-. The Morgan fingerprint density at radius 1 is 1.32 bits per heavy atom. The van der Waals surface area contributed by atoms with Crippen LogP contribution in [0.5, 0.6) is 11.5 Å². The number of nitriles is 1. The van der Waals surface area contributed by atoms with Gasteiger partial charge in [0.25, 0.3) is 5.91 Å². The van der Waals surface area contributed by atoms with E-state index in [-0.39, 0.29) is 5.57 Å². The third-order valence-electron chi connectivity index (χ3n) is 3.45. The molecule has 0 unspecified atom stereocenters. The maximum Gasteiger partial charge on any atom is 0.259 e. The zero-order valence-electron chi connectivity index (χ0n) is 13.9. The fourth-order valence-electron chi connectivity index (χ4n) is 2.13. The molecule has 0 saturated carbocycles. The molecule has 0 aliphatic heterocycles. The Hall–Kier alpha value is -2.78. The molecule has 0 aliphatic rings. The van der Waals surface area contributed by atoms with E-state index in [4.69, 9.17) is 20.5 Å².